The van der Waals surface area contributed by atoms with Gasteiger partial charge in [-0.25, -0.2) is 4.98 Å². The number of rotatable bonds is 4. The van der Waals surface area contributed by atoms with Gasteiger partial charge in [-0.1, -0.05) is 11.2 Å². The highest BCUT2D eigenvalue weighted by atomic mass is 16.5. The van der Waals surface area contributed by atoms with Crippen molar-refractivity contribution in [3.8, 4) is 0 Å². The van der Waals surface area contributed by atoms with Crippen LogP contribution >= 0.6 is 0 Å². The maximum absolute atomic E-state index is 5.17. The van der Waals surface area contributed by atoms with Crippen LogP contribution in [-0.2, 0) is 6.42 Å². The highest BCUT2D eigenvalue weighted by molar-refractivity contribution is 5.37. The Morgan fingerprint density at radius 3 is 2.67 bits per heavy atom. The number of nitrogens with zero attached hydrogens (tertiary/aromatic N) is 2. The fourth-order valence-corrected chi connectivity index (χ4v) is 2.03. The zero-order chi connectivity index (χ0) is 13.1. The van der Waals surface area contributed by atoms with Crippen molar-refractivity contribution in [2.75, 3.05) is 5.32 Å². The normalized spacial score (nSPS) is 12.4. The minimum absolute atomic E-state index is 0.288. The van der Waals surface area contributed by atoms with Crippen molar-refractivity contribution in [1.82, 2.24) is 10.1 Å². The summed E-state index contributed by atoms with van der Waals surface area (Å²) in [5.74, 6) is 1.81. The molecule has 2 aromatic rings. The number of pyridine rings is 1. The van der Waals surface area contributed by atoms with Crippen molar-refractivity contribution in [2.24, 2.45) is 0 Å². The summed E-state index contributed by atoms with van der Waals surface area (Å²) in [6, 6.07) is 6.27. The first-order valence-electron chi connectivity index (χ1n) is 6.18. The van der Waals surface area contributed by atoms with Gasteiger partial charge < -0.3 is 9.84 Å². The average molecular weight is 245 g/mol. The van der Waals surface area contributed by atoms with Gasteiger partial charge in [0.05, 0.1) is 5.69 Å². The van der Waals surface area contributed by atoms with Gasteiger partial charge in [0.25, 0.3) is 0 Å². The number of aryl methyl sites for hydroxylation is 3. The molecule has 18 heavy (non-hydrogen) atoms. The van der Waals surface area contributed by atoms with Crippen LogP contribution in [0.3, 0.4) is 0 Å². The lowest BCUT2D eigenvalue weighted by Crippen LogP contribution is -2.19. The second-order valence-electron chi connectivity index (χ2n) is 4.72. The summed E-state index contributed by atoms with van der Waals surface area (Å²) in [6.07, 6.45) is 0.886. The molecule has 0 amide bonds. The third kappa shape index (κ3) is 2.88. The molecular weight excluding hydrogens is 226 g/mol. The molecule has 4 nitrogen and oxygen atoms in total. The van der Waals surface area contributed by atoms with E-state index in [9.17, 15) is 0 Å². The van der Waals surface area contributed by atoms with Gasteiger partial charge in [-0.15, -0.1) is 0 Å². The van der Waals surface area contributed by atoms with Crippen LogP contribution in [0, 0.1) is 20.8 Å². The quantitative estimate of drug-likeness (QED) is 0.899. The van der Waals surface area contributed by atoms with E-state index >= 15 is 0 Å². The molecule has 2 rings (SSSR count). The molecule has 0 bridgehead atoms. The van der Waals surface area contributed by atoms with Crippen molar-refractivity contribution >= 4 is 5.82 Å². The van der Waals surface area contributed by atoms with Crippen LogP contribution in [0.2, 0.25) is 0 Å². The molecule has 0 spiro atoms. The molecule has 2 heterocycles. The van der Waals surface area contributed by atoms with Gasteiger partial charge in [0.1, 0.15) is 11.6 Å². The summed E-state index contributed by atoms with van der Waals surface area (Å²) in [5, 5.41) is 7.37. The molecule has 1 atom stereocenters. The summed E-state index contributed by atoms with van der Waals surface area (Å²) in [7, 11) is 0. The van der Waals surface area contributed by atoms with Gasteiger partial charge in [-0.2, -0.15) is 0 Å². The van der Waals surface area contributed by atoms with E-state index < -0.39 is 0 Å². The van der Waals surface area contributed by atoms with E-state index in [0.29, 0.717) is 0 Å². The van der Waals surface area contributed by atoms with Crippen molar-refractivity contribution in [2.45, 2.75) is 40.2 Å². The summed E-state index contributed by atoms with van der Waals surface area (Å²) in [6.45, 7) is 8.05. The first kappa shape index (κ1) is 12.6. The third-order valence-electron chi connectivity index (χ3n) is 2.97. The number of hydrogen-bond acceptors (Lipinski definition) is 4. The highest BCUT2D eigenvalue weighted by Gasteiger charge is 2.13. The Morgan fingerprint density at radius 1 is 1.28 bits per heavy atom. The number of anilines is 1. The van der Waals surface area contributed by atoms with Crippen LogP contribution in [0.4, 0.5) is 5.82 Å². The lowest BCUT2D eigenvalue weighted by Gasteiger charge is -2.14. The number of nitrogens with one attached hydrogen (secondary N) is 1. The van der Waals surface area contributed by atoms with Crippen LogP contribution in [0.15, 0.2) is 22.7 Å². The monoisotopic (exact) mass is 245 g/mol. The Kier molecular flexibility index (Phi) is 3.65. The maximum atomic E-state index is 5.17. The van der Waals surface area contributed by atoms with E-state index in [0.717, 1.165) is 29.4 Å². The number of hydrogen-bond donors (Lipinski definition) is 1. The molecule has 0 saturated heterocycles. The van der Waals surface area contributed by atoms with Crippen molar-refractivity contribution < 1.29 is 4.52 Å². The summed E-state index contributed by atoms with van der Waals surface area (Å²) in [5.41, 5.74) is 3.17. The van der Waals surface area contributed by atoms with Crippen LogP contribution in [0.25, 0.3) is 0 Å². The van der Waals surface area contributed by atoms with E-state index in [2.05, 4.69) is 22.4 Å². The first-order chi connectivity index (χ1) is 8.56. The molecule has 1 unspecified atom stereocenters. The minimum Gasteiger partial charge on any atom is -0.367 e. The minimum atomic E-state index is 0.288. The summed E-state index contributed by atoms with van der Waals surface area (Å²) in [4.78, 5) is 4.44. The molecule has 0 aliphatic carbocycles. The number of aromatic nitrogens is 2. The van der Waals surface area contributed by atoms with Gasteiger partial charge in [0, 0.05) is 17.3 Å². The summed E-state index contributed by atoms with van der Waals surface area (Å²) < 4.78 is 5.17. The Hall–Kier alpha value is -1.84. The van der Waals surface area contributed by atoms with Gasteiger partial charge in [0.2, 0.25) is 0 Å². The second-order valence-corrected chi connectivity index (χ2v) is 4.72. The SMILES string of the molecule is Cc1cccc(NC(C)Cc2c(C)noc2C)n1. The van der Waals surface area contributed by atoms with Crippen LogP contribution in [0.1, 0.15) is 29.6 Å². The Balaban J connectivity index is 2.03. The molecule has 0 aliphatic rings. The Morgan fingerprint density at radius 2 is 2.06 bits per heavy atom. The predicted octanol–water partition coefficient (Wildman–Crippen LogP) is 3.04. The molecule has 0 aliphatic heterocycles. The maximum Gasteiger partial charge on any atom is 0.137 e. The van der Waals surface area contributed by atoms with Crippen LogP contribution < -0.4 is 5.32 Å². The molecule has 0 saturated carbocycles. The molecule has 0 fully saturated rings. The zero-order valence-electron chi connectivity index (χ0n) is 11.3. The third-order valence-corrected chi connectivity index (χ3v) is 2.97. The topological polar surface area (TPSA) is 51.0 Å². The molecule has 2 aromatic heterocycles. The van der Waals surface area contributed by atoms with Crippen LogP contribution in [-0.4, -0.2) is 16.2 Å². The fourth-order valence-electron chi connectivity index (χ4n) is 2.03. The van der Waals surface area contributed by atoms with E-state index in [-0.39, 0.29) is 6.04 Å². The second kappa shape index (κ2) is 5.21. The Labute approximate surface area is 107 Å². The first-order valence-corrected chi connectivity index (χ1v) is 6.18. The van der Waals surface area contributed by atoms with E-state index in [1.165, 1.54) is 5.56 Å². The fraction of sp³-hybridized carbons (Fsp3) is 0.429. The Bertz CT molecular complexity index is 514. The molecular formula is C14H19N3O. The lowest BCUT2D eigenvalue weighted by molar-refractivity contribution is 0.392. The largest absolute Gasteiger partial charge is 0.367 e. The van der Waals surface area contributed by atoms with Gasteiger partial charge in [0.15, 0.2) is 0 Å². The van der Waals surface area contributed by atoms with E-state index in [4.69, 9.17) is 4.52 Å². The smallest absolute Gasteiger partial charge is 0.137 e. The average Bonchev–Trinajstić information content (AvgIpc) is 2.61. The van der Waals surface area contributed by atoms with Gasteiger partial charge in [-0.3, -0.25) is 0 Å². The standard InChI is InChI=1S/C14H19N3O/c1-9-6-5-7-14(15-9)16-10(2)8-13-11(3)17-18-12(13)4/h5-7,10H,8H2,1-4H3,(H,15,16). The molecule has 4 heteroatoms. The van der Waals surface area contributed by atoms with Crippen molar-refractivity contribution in [3.05, 3.63) is 40.9 Å². The van der Waals surface area contributed by atoms with Crippen molar-refractivity contribution in [1.29, 1.82) is 0 Å². The summed E-state index contributed by atoms with van der Waals surface area (Å²) >= 11 is 0. The van der Waals surface area contributed by atoms with Crippen LogP contribution in [0.5, 0.6) is 0 Å². The molecule has 0 radical (unpaired) electrons. The van der Waals surface area contributed by atoms with Gasteiger partial charge >= 0.3 is 0 Å². The van der Waals surface area contributed by atoms with E-state index in [1.54, 1.807) is 0 Å². The van der Waals surface area contributed by atoms with Crippen molar-refractivity contribution in [3.63, 3.8) is 0 Å². The predicted molar refractivity (Wildman–Crippen MR) is 71.7 cm³/mol. The molecule has 1 N–H and O–H groups in total. The molecule has 0 aromatic carbocycles. The van der Waals surface area contributed by atoms with E-state index in [1.807, 2.05) is 39.0 Å². The molecule has 96 valence electrons. The zero-order valence-corrected chi connectivity index (χ0v) is 11.3. The van der Waals surface area contributed by atoms with Gasteiger partial charge in [-0.05, 0) is 46.2 Å². The highest BCUT2D eigenvalue weighted by Crippen LogP contribution is 2.16. The lowest BCUT2D eigenvalue weighted by atomic mass is 10.1.